The first-order valence-electron chi connectivity index (χ1n) is 8.17. The van der Waals surface area contributed by atoms with Crippen molar-refractivity contribution in [1.29, 1.82) is 0 Å². The number of ether oxygens (including phenoxy) is 1. The predicted octanol–water partition coefficient (Wildman–Crippen LogP) is 2.49. The largest absolute Gasteiger partial charge is 0.418 e. The molecule has 8 heteroatoms. The third-order valence-corrected chi connectivity index (χ3v) is 4.07. The van der Waals surface area contributed by atoms with Crippen molar-refractivity contribution >= 4 is 0 Å². The molecule has 0 amide bonds. The maximum absolute atomic E-state index is 5.93. The zero-order chi connectivity index (χ0) is 17.4. The Morgan fingerprint density at radius 2 is 1.84 bits per heavy atom. The quantitative estimate of drug-likeness (QED) is 0.718. The molecule has 0 spiro atoms. The van der Waals surface area contributed by atoms with E-state index >= 15 is 0 Å². The lowest BCUT2D eigenvalue weighted by Crippen LogP contribution is -2.40. The minimum absolute atomic E-state index is 0.118. The first-order valence-corrected chi connectivity index (χ1v) is 8.17. The van der Waals surface area contributed by atoms with Crippen molar-refractivity contribution in [2.75, 3.05) is 20.1 Å². The molecular formula is C17H19N5O3. The van der Waals surface area contributed by atoms with E-state index in [4.69, 9.17) is 13.7 Å². The molecule has 4 rings (SSSR count). The van der Waals surface area contributed by atoms with E-state index in [0.717, 1.165) is 24.2 Å². The molecule has 25 heavy (non-hydrogen) atoms. The number of aromatic nitrogens is 4. The first-order chi connectivity index (χ1) is 12.1. The molecule has 1 aliphatic heterocycles. The summed E-state index contributed by atoms with van der Waals surface area (Å²) in [7, 11) is 2.05. The summed E-state index contributed by atoms with van der Waals surface area (Å²) in [6, 6.07) is 7.58. The standard InChI is InChI=1S/C17H19N5O3/c1-10-8-22(3)9-14(23-10)17-20-19-16(24-17)13-7-5-4-6-12(13)15-18-11(2)21-25-15/h4-7,10,14H,8-9H2,1-3H3/t10-,14-/m1/s1. The topological polar surface area (TPSA) is 90.3 Å². The summed E-state index contributed by atoms with van der Waals surface area (Å²) in [5.41, 5.74) is 1.51. The summed E-state index contributed by atoms with van der Waals surface area (Å²) >= 11 is 0. The Kier molecular flexibility index (Phi) is 4.06. The third kappa shape index (κ3) is 3.18. The van der Waals surface area contributed by atoms with E-state index in [2.05, 4.69) is 32.3 Å². The van der Waals surface area contributed by atoms with Crippen LogP contribution in [0.15, 0.2) is 33.2 Å². The van der Waals surface area contributed by atoms with Gasteiger partial charge < -0.3 is 18.6 Å². The smallest absolute Gasteiger partial charge is 0.258 e. The third-order valence-electron chi connectivity index (χ3n) is 4.07. The molecule has 3 aromatic rings. The van der Waals surface area contributed by atoms with Crippen molar-refractivity contribution < 1.29 is 13.7 Å². The van der Waals surface area contributed by atoms with Crippen molar-refractivity contribution in [2.45, 2.75) is 26.1 Å². The van der Waals surface area contributed by atoms with Crippen molar-refractivity contribution in [3.8, 4) is 22.9 Å². The van der Waals surface area contributed by atoms with Crippen LogP contribution in [0.4, 0.5) is 0 Å². The molecule has 1 aromatic carbocycles. The van der Waals surface area contributed by atoms with E-state index in [1.54, 1.807) is 6.92 Å². The monoisotopic (exact) mass is 341 g/mol. The first kappa shape index (κ1) is 15.9. The Morgan fingerprint density at radius 1 is 1.08 bits per heavy atom. The number of aryl methyl sites for hydroxylation is 1. The second-order valence-corrected chi connectivity index (χ2v) is 6.29. The van der Waals surface area contributed by atoms with E-state index in [1.807, 2.05) is 31.2 Å². The molecule has 2 atom stereocenters. The lowest BCUT2D eigenvalue weighted by molar-refractivity contribution is -0.0821. The molecule has 0 radical (unpaired) electrons. The minimum atomic E-state index is -0.229. The summed E-state index contributed by atoms with van der Waals surface area (Å²) in [5.74, 6) is 1.88. The normalized spacial score (nSPS) is 21.6. The van der Waals surface area contributed by atoms with Gasteiger partial charge in [-0.3, -0.25) is 0 Å². The number of hydrogen-bond donors (Lipinski definition) is 0. The fourth-order valence-electron chi connectivity index (χ4n) is 3.04. The highest BCUT2D eigenvalue weighted by Gasteiger charge is 2.29. The molecule has 0 saturated carbocycles. The van der Waals surface area contributed by atoms with Gasteiger partial charge in [-0.15, -0.1) is 10.2 Å². The van der Waals surface area contributed by atoms with Gasteiger partial charge in [-0.05, 0) is 33.0 Å². The average molecular weight is 341 g/mol. The van der Waals surface area contributed by atoms with Gasteiger partial charge >= 0.3 is 0 Å². The average Bonchev–Trinajstić information content (AvgIpc) is 3.23. The van der Waals surface area contributed by atoms with Crippen LogP contribution in [0.1, 0.15) is 24.7 Å². The van der Waals surface area contributed by atoms with Crippen molar-refractivity contribution in [3.63, 3.8) is 0 Å². The number of morpholine rings is 1. The van der Waals surface area contributed by atoms with Crippen molar-refractivity contribution in [1.82, 2.24) is 25.2 Å². The maximum atomic E-state index is 5.93. The zero-order valence-electron chi connectivity index (χ0n) is 14.3. The Balaban J connectivity index is 1.67. The van der Waals surface area contributed by atoms with Gasteiger partial charge in [0, 0.05) is 13.1 Å². The van der Waals surface area contributed by atoms with Crippen LogP contribution in [0.5, 0.6) is 0 Å². The summed E-state index contributed by atoms with van der Waals surface area (Å²) in [4.78, 5) is 6.48. The zero-order valence-corrected chi connectivity index (χ0v) is 14.3. The van der Waals surface area contributed by atoms with Crippen LogP contribution in [-0.4, -0.2) is 51.5 Å². The molecule has 1 saturated heterocycles. The number of likely N-dealkylation sites (N-methyl/N-ethyl adjacent to an activating group) is 1. The van der Waals surface area contributed by atoms with Gasteiger partial charge in [-0.25, -0.2) is 0 Å². The lowest BCUT2D eigenvalue weighted by atomic mass is 10.1. The second kappa shape index (κ2) is 6.38. The molecule has 0 unspecified atom stereocenters. The molecule has 0 bridgehead atoms. The molecule has 3 heterocycles. The van der Waals surface area contributed by atoms with E-state index in [1.165, 1.54) is 0 Å². The highest BCUT2D eigenvalue weighted by atomic mass is 16.5. The molecule has 0 aliphatic carbocycles. The number of hydrogen-bond acceptors (Lipinski definition) is 8. The van der Waals surface area contributed by atoms with Gasteiger partial charge in [0.15, 0.2) is 5.82 Å². The Bertz CT molecular complexity index is 865. The van der Waals surface area contributed by atoms with Gasteiger partial charge in [-0.2, -0.15) is 4.98 Å². The molecule has 1 aliphatic rings. The molecular weight excluding hydrogens is 322 g/mol. The van der Waals surface area contributed by atoms with E-state index < -0.39 is 0 Å². The van der Waals surface area contributed by atoms with Crippen molar-refractivity contribution in [2.24, 2.45) is 0 Å². The highest BCUT2D eigenvalue weighted by molar-refractivity contribution is 5.75. The molecule has 0 N–H and O–H groups in total. The summed E-state index contributed by atoms with van der Waals surface area (Å²) in [6.45, 7) is 5.42. The fourth-order valence-corrected chi connectivity index (χ4v) is 3.04. The fraction of sp³-hybridized carbons (Fsp3) is 0.412. The molecule has 1 fully saturated rings. The van der Waals surface area contributed by atoms with Gasteiger partial charge in [0.25, 0.3) is 5.89 Å². The van der Waals surface area contributed by atoms with E-state index in [-0.39, 0.29) is 12.2 Å². The lowest BCUT2D eigenvalue weighted by Gasteiger charge is -2.32. The molecule has 2 aromatic heterocycles. The van der Waals surface area contributed by atoms with Crippen LogP contribution in [0.3, 0.4) is 0 Å². The van der Waals surface area contributed by atoms with Crippen molar-refractivity contribution in [3.05, 3.63) is 36.0 Å². The van der Waals surface area contributed by atoms with Crippen LogP contribution >= 0.6 is 0 Å². The second-order valence-electron chi connectivity index (χ2n) is 6.29. The van der Waals surface area contributed by atoms with Gasteiger partial charge in [0.05, 0.1) is 17.2 Å². The van der Waals surface area contributed by atoms with Gasteiger partial charge in [0.2, 0.25) is 11.8 Å². The Morgan fingerprint density at radius 3 is 2.52 bits per heavy atom. The Hall–Kier alpha value is -2.58. The highest BCUT2D eigenvalue weighted by Crippen LogP contribution is 2.32. The summed E-state index contributed by atoms with van der Waals surface area (Å²) < 4.78 is 17.1. The number of rotatable bonds is 3. The number of benzene rings is 1. The SMILES string of the molecule is Cc1noc(-c2ccccc2-c2nnc([C@H]3CN(C)C[C@@H](C)O3)o2)n1. The van der Waals surface area contributed by atoms with Gasteiger partial charge in [0.1, 0.15) is 6.10 Å². The van der Waals surface area contributed by atoms with Crippen LogP contribution in [0.25, 0.3) is 22.9 Å². The van der Waals surface area contributed by atoms with E-state index in [0.29, 0.717) is 23.5 Å². The predicted molar refractivity (Wildman–Crippen MR) is 88.5 cm³/mol. The van der Waals surface area contributed by atoms with Gasteiger partial charge in [-0.1, -0.05) is 17.3 Å². The molecule has 130 valence electrons. The summed E-state index contributed by atoms with van der Waals surface area (Å²) in [5, 5.41) is 12.2. The number of nitrogens with zero attached hydrogens (tertiary/aromatic N) is 5. The molecule has 8 nitrogen and oxygen atoms in total. The van der Waals surface area contributed by atoms with Crippen LogP contribution in [0, 0.1) is 6.92 Å². The van der Waals surface area contributed by atoms with Crippen LogP contribution in [0.2, 0.25) is 0 Å². The minimum Gasteiger partial charge on any atom is -0.418 e. The Labute approximate surface area is 144 Å². The van der Waals surface area contributed by atoms with E-state index in [9.17, 15) is 0 Å². The maximum Gasteiger partial charge on any atom is 0.258 e. The summed E-state index contributed by atoms with van der Waals surface area (Å²) in [6.07, 6.45) is -0.111. The van der Waals surface area contributed by atoms with Crippen LogP contribution < -0.4 is 0 Å². The van der Waals surface area contributed by atoms with Crippen LogP contribution in [-0.2, 0) is 4.74 Å².